The molecule has 0 saturated carbocycles. The van der Waals surface area contributed by atoms with Crippen LogP contribution in [0.1, 0.15) is 16.3 Å². The topological polar surface area (TPSA) is 118 Å². The molecule has 0 aliphatic carbocycles. The summed E-state index contributed by atoms with van der Waals surface area (Å²) in [6.07, 6.45) is 1.38. The van der Waals surface area contributed by atoms with Crippen LogP contribution in [-0.2, 0) is 11.2 Å². The van der Waals surface area contributed by atoms with Crippen molar-refractivity contribution in [3.05, 3.63) is 50.0 Å². The maximum Gasteiger partial charge on any atom is 0.311 e. The summed E-state index contributed by atoms with van der Waals surface area (Å²) in [4.78, 5) is 25.8. The molecule has 0 bridgehead atoms. The lowest BCUT2D eigenvalue weighted by atomic mass is 10.2. The number of nitro benzene ring substituents is 1. The van der Waals surface area contributed by atoms with Gasteiger partial charge in [-0.3, -0.25) is 14.9 Å². The summed E-state index contributed by atoms with van der Waals surface area (Å²) >= 11 is 1.39. The highest BCUT2D eigenvalue weighted by molar-refractivity contribution is 7.09. The van der Waals surface area contributed by atoms with Gasteiger partial charge in [0.05, 0.1) is 17.6 Å². The van der Waals surface area contributed by atoms with Crippen LogP contribution >= 0.6 is 11.3 Å². The van der Waals surface area contributed by atoms with Crippen LogP contribution in [0.2, 0.25) is 0 Å². The number of hydrogen-bond acceptors (Lipinski definition) is 7. The Morgan fingerprint density at radius 2 is 2.36 bits per heavy atom. The highest BCUT2D eigenvalue weighted by atomic mass is 32.1. The van der Waals surface area contributed by atoms with E-state index in [2.05, 4.69) is 15.5 Å². The zero-order chi connectivity index (χ0) is 16.1. The molecule has 2 aromatic rings. The Hall–Kier alpha value is -2.81. The fraction of sp³-hybridized carbons (Fsp3) is 0.154. The Kier molecular flexibility index (Phi) is 4.79. The zero-order valence-electron chi connectivity index (χ0n) is 11.5. The molecule has 114 valence electrons. The summed E-state index contributed by atoms with van der Waals surface area (Å²) in [6, 6.07) is 3.80. The first kappa shape index (κ1) is 15.6. The second-order valence-electron chi connectivity index (χ2n) is 4.36. The minimum atomic E-state index is -0.698. The van der Waals surface area contributed by atoms with Gasteiger partial charge >= 0.3 is 5.69 Å². The molecule has 9 heteroatoms. The molecule has 1 amide bonds. The lowest BCUT2D eigenvalue weighted by Gasteiger charge is -1.98. The largest absolute Gasteiger partial charge is 0.502 e. The van der Waals surface area contributed by atoms with E-state index < -0.39 is 16.4 Å². The number of nitro groups is 1. The van der Waals surface area contributed by atoms with Crippen molar-refractivity contribution in [2.75, 3.05) is 0 Å². The van der Waals surface area contributed by atoms with Crippen molar-refractivity contribution in [1.29, 1.82) is 0 Å². The summed E-state index contributed by atoms with van der Waals surface area (Å²) in [7, 11) is 0. The van der Waals surface area contributed by atoms with E-state index in [1.54, 1.807) is 0 Å². The summed E-state index contributed by atoms with van der Waals surface area (Å²) in [5, 5.41) is 26.3. The minimum absolute atomic E-state index is 0.117. The standard InChI is InChI=1S/C13H12N4O4S/c1-8-7-22-13(15-8)5-12(19)16-14-6-9-2-3-11(18)10(4-9)17(20)21/h2-4,6-7,18H,5H2,1H3,(H,16,19)/b14-6+. The van der Waals surface area contributed by atoms with Crippen molar-refractivity contribution < 1.29 is 14.8 Å². The van der Waals surface area contributed by atoms with Crippen molar-refractivity contribution in [3.8, 4) is 5.75 Å². The molecule has 0 atom stereocenters. The van der Waals surface area contributed by atoms with Gasteiger partial charge < -0.3 is 5.11 Å². The number of nitrogens with one attached hydrogen (secondary N) is 1. The SMILES string of the molecule is Cc1csc(CC(=O)N/N=C/c2ccc(O)c([N+](=O)[O-])c2)n1. The third kappa shape index (κ3) is 4.09. The van der Waals surface area contributed by atoms with Gasteiger partial charge in [0.25, 0.3) is 0 Å². The Bertz CT molecular complexity index is 741. The smallest absolute Gasteiger partial charge is 0.311 e. The molecule has 2 N–H and O–H groups in total. The zero-order valence-corrected chi connectivity index (χ0v) is 12.3. The maximum atomic E-state index is 11.6. The van der Waals surface area contributed by atoms with Gasteiger partial charge in [-0.1, -0.05) is 0 Å². The average molecular weight is 320 g/mol. The van der Waals surface area contributed by atoms with Crippen LogP contribution in [0.25, 0.3) is 0 Å². The minimum Gasteiger partial charge on any atom is -0.502 e. The molecule has 0 aliphatic heterocycles. The molecular weight excluding hydrogens is 308 g/mol. The summed E-state index contributed by atoms with van der Waals surface area (Å²) in [5.74, 6) is -0.760. The van der Waals surface area contributed by atoms with Crippen LogP contribution in [0.3, 0.4) is 0 Å². The number of amides is 1. The number of phenols is 1. The van der Waals surface area contributed by atoms with Crippen LogP contribution in [0.5, 0.6) is 5.75 Å². The predicted molar refractivity (Wildman–Crippen MR) is 81.1 cm³/mol. The van der Waals surface area contributed by atoms with E-state index in [1.165, 1.54) is 29.7 Å². The summed E-state index contributed by atoms with van der Waals surface area (Å²) in [5.41, 5.74) is 3.13. The molecule has 0 radical (unpaired) electrons. The number of carbonyl (C=O) groups excluding carboxylic acids is 1. The van der Waals surface area contributed by atoms with Gasteiger partial charge in [0.1, 0.15) is 5.01 Å². The fourth-order valence-electron chi connectivity index (χ4n) is 1.61. The van der Waals surface area contributed by atoms with Crippen molar-refractivity contribution in [3.63, 3.8) is 0 Å². The summed E-state index contributed by atoms with van der Waals surface area (Å²) in [6.45, 7) is 1.84. The van der Waals surface area contributed by atoms with E-state index in [-0.39, 0.29) is 12.3 Å². The molecule has 2 rings (SSSR count). The van der Waals surface area contributed by atoms with Crippen LogP contribution < -0.4 is 5.43 Å². The first-order chi connectivity index (χ1) is 10.5. The monoisotopic (exact) mass is 320 g/mol. The van der Waals surface area contributed by atoms with E-state index in [0.717, 1.165) is 11.8 Å². The number of aromatic nitrogens is 1. The Morgan fingerprint density at radius 1 is 1.59 bits per heavy atom. The lowest BCUT2D eigenvalue weighted by Crippen LogP contribution is -2.19. The van der Waals surface area contributed by atoms with Gasteiger partial charge in [-0.2, -0.15) is 5.10 Å². The molecule has 0 aliphatic rings. The molecule has 0 fully saturated rings. The van der Waals surface area contributed by atoms with E-state index >= 15 is 0 Å². The highest BCUT2D eigenvalue weighted by Gasteiger charge is 2.12. The maximum absolute atomic E-state index is 11.6. The molecule has 0 spiro atoms. The van der Waals surface area contributed by atoms with Crippen LogP contribution in [0, 0.1) is 17.0 Å². The molecule has 22 heavy (non-hydrogen) atoms. The second kappa shape index (κ2) is 6.76. The summed E-state index contributed by atoms with van der Waals surface area (Å²) < 4.78 is 0. The molecule has 1 aromatic heterocycles. The van der Waals surface area contributed by atoms with E-state index in [0.29, 0.717) is 10.6 Å². The molecule has 0 saturated heterocycles. The Morgan fingerprint density at radius 3 is 3.00 bits per heavy atom. The van der Waals surface area contributed by atoms with Crippen molar-refractivity contribution >= 4 is 29.1 Å². The molecule has 1 aromatic carbocycles. The lowest BCUT2D eigenvalue weighted by molar-refractivity contribution is -0.385. The fourth-order valence-corrected chi connectivity index (χ4v) is 2.38. The van der Waals surface area contributed by atoms with Crippen molar-refractivity contribution in [1.82, 2.24) is 10.4 Å². The average Bonchev–Trinajstić information content (AvgIpc) is 2.85. The third-order valence-electron chi connectivity index (χ3n) is 2.58. The molecule has 8 nitrogen and oxygen atoms in total. The van der Waals surface area contributed by atoms with Crippen LogP contribution in [-0.4, -0.2) is 27.1 Å². The number of aromatic hydroxyl groups is 1. The first-order valence-electron chi connectivity index (χ1n) is 6.16. The number of phenolic OH excluding ortho intramolecular Hbond substituents is 1. The van der Waals surface area contributed by atoms with E-state index in [1.807, 2.05) is 12.3 Å². The first-order valence-corrected chi connectivity index (χ1v) is 7.04. The number of aryl methyl sites for hydroxylation is 1. The van der Waals surface area contributed by atoms with Crippen LogP contribution in [0.15, 0.2) is 28.7 Å². The second-order valence-corrected chi connectivity index (χ2v) is 5.30. The van der Waals surface area contributed by atoms with Gasteiger partial charge in [-0.25, -0.2) is 10.4 Å². The number of benzene rings is 1. The van der Waals surface area contributed by atoms with Gasteiger partial charge in [0, 0.05) is 22.7 Å². The van der Waals surface area contributed by atoms with Gasteiger partial charge in [0.15, 0.2) is 5.75 Å². The van der Waals surface area contributed by atoms with Gasteiger partial charge in [-0.15, -0.1) is 11.3 Å². The molecular formula is C13H12N4O4S. The number of hydrogen-bond donors (Lipinski definition) is 2. The van der Waals surface area contributed by atoms with Gasteiger partial charge in [0.2, 0.25) is 5.91 Å². The number of carbonyl (C=O) groups is 1. The Labute approximate surface area is 129 Å². The number of rotatable bonds is 5. The molecule has 0 unspecified atom stereocenters. The third-order valence-corrected chi connectivity index (χ3v) is 3.54. The van der Waals surface area contributed by atoms with E-state index in [9.17, 15) is 20.0 Å². The Balaban J connectivity index is 1.96. The highest BCUT2D eigenvalue weighted by Crippen LogP contribution is 2.25. The van der Waals surface area contributed by atoms with Crippen molar-refractivity contribution in [2.24, 2.45) is 5.10 Å². The number of thiazole rings is 1. The number of nitrogens with zero attached hydrogens (tertiary/aromatic N) is 3. The predicted octanol–water partition coefficient (Wildman–Crippen LogP) is 1.76. The van der Waals surface area contributed by atoms with Gasteiger partial charge in [-0.05, 0) is 19.1 Å². The quantitative estimate of drug-likeness (QED) is 0.494. The molecule has 1 heterocycles. The van der Waals surface area contributed by atoms with Crippen LogP contribution in [0.4, 0.5) is 5.69 Å². The number of hydrazone groups is 1. The normalized spacial score (nSPS) is 10.8. The van der Waals surface area contributed by atoms with E-state index in [4.69, 9.17) is 0 Å². The van der Waals surface area contributed by atoms with Crippen molar-refractivity contribution in [2.45, 2.75) is 13.3 Å².